The maximum absolute atomic E-state index is 12.7. The van der Waals surface area contributed by atoms with Crippen LogP contribution in [0.1, 0.15) is 96.8 Å². The van der Waals surface area contributed by atoms with Crippen molar-refractivity contribution < 1.29 is 5.11 Å². The molecule has 0 saturated carbocycles. The molecule has 0 spiro atoms. The number of aromatic hydroxyl groups is 1. The highest BCUT2D eigenvalue weighted by Gasteiger charge is 2.18. The minimum Gasteiger partial charge on any atom is -0.493 e. The summed E-state index contributed by atoms with van der Waals surface area (Å²) in [7, 11) is 1.57. The van der Waals surface area contributed by atoms with E-state index in [9.17, 15) is 14.7 Å². The summed E-state index contributed by atoms with van der Waals surface area (Å²) in [6, 6.07) is 7.40. The number of nitrogens with one attached hydrogen (secondary N) is 2. The van der Waals surface area contributed by atoms with Gasteiger partial charge in [-0.15, -0.1) is 10.2 Å². The number of rotatable bonds is 17. The van der Waals surface area contributed by atoms with E-state index < -0.39 is 11.2 Å². The molecule has 0 aliphatic carbocycles. The van der Waals surface area contributed by atoms with Crippen LogP contribution < -0.4 is 11.2 Å². The zero-order valence-corrected chi connectivity index (χ0v) is 23.9. The summed E-state index contributed by atoms with van der Waals surface area (Å²) in [4.78, 5) is 34.7. The van der Waals surface area contributed by atoms with Crippen molar-refractivity contribution in [3.05, 3.63) is 45.1 Å². The zero-order chi connectivity index (χ0) is 28.3. The maximum Gasteiger partial charge on any atom is 0.329 e. The quantitative estimate of drug-likeness (QED) is 0.0928. The molecule has 0 bridgehead atoms. The van der Waals surface area contributed by atoms with Crippen molar-refractivity contribution in [2.45, 2.75) is 103 Å². The van der Waals surface area contributed by atoms with Crippen molar-refractivity contribution in [1.82, 2.24) is 24.1 Å². The van der Waals surface area contributed by atoms with Gasteiger partial charge in [-0.25, -0.2) is 4.79 Å². The van der Waals surface area contributed by atoms with Crippen LogP contribution in [0.3, 0.4) is 0 Å². The largest absolute Gasteiger partial charge is 0.493 e. The van der Waals surface area contributed by atoms with Crippen LogP contribution in [0.25, 0.3) is 22.1 Å². The molecule has 0 atom stereocenters. The summed E-state index contributed by atoms with van der Waals surface area (Å²) >= 11 is 0. The molecule has 0 unspecified atom stereocenters. The number of H-pyrrole nitrogens is 2. The fourth-order valence-corrected chi connectivity index (χ4v) is 5.28. The first-order valence-corrected chi connectivity index (χ1v) is 14.9. The van der Waals surface area contributed by atoms with Crippen molar-refractivity contribution in [3.63, 3.8) is 0 Å². The molecule has 1 aromatic carbocycles. The average molecular weight is 550 g/mol. The molecule has 0 radical (unpaired) electrons. The van der Waals surface area contributed by atoms with Crippen molar-refractivity contribution in [3.8, 4) is 5.88 Å². The number of benzene rings is 1. The number of unbranched alkanes of at least 4 members (excludes halogenated alkanes) is 13. The predicted octanol–water partition coefficient (Wildman–Crippen LogP) is 7.51. The van der Waals surface area contributed by atoms with E-state index in [1.165, 1.54) is 75.2 Å². The molecule has 40 heavy (non-hydrogen) atoms. The Hall–Kier alpha value is -3.69. The number of aromatic nitrogens is 5. The van der Waals surface area contributed by atoms with E-state index in [1.54, 1.807) is 11.6 Å². The number of aromatic amines is 2. The van der Waals surface area contributed by atoms with Gasteiger partial charge in [0.15, 0.2) is 16.9 Å². The number of hydrogen-bond donors (Lipinski definition) is 3. The van der Waals surface area contributed by atoms with E-state index in [-0.39, 0.29) is 17.5 Å². The Kier molecular flexibility index (Phi) is 10.7. The molecule has 0 amide bonds. The lowest BCUT2D eigenvalue weighted by Crippen LogP contribution is -2.29. The summed E-state index contributed by atoms with van der Waals surface area (Å²) < 4.78 is 3.03. The molecular weight excluding hydrogens is 506 g/mol. The monoisotopic (exact) mass is 549 g/mol. The number of hydrogen-bond acceptors (Lipinski definition) is 6. The smallest absolute Gasteiger partial charge is 0.329 e. The van der Waals surface area contributed by atoms with Gasteiger partial charge in [0, 0.05) is 19.0 Å². The number of imidazole rings is 1. The molecule has 3 heterocycles. The molecule has 3 aromatic heterocycles. The van der Waals surface area contributed by atoms with Crippen molar-refractivity contribution in [1.29, 1.82) is 0 Å². The van der Waals surface area contributed by atoms with Crippen molar-refractivity contribution in [2.24, 2.45) is 17.3 Å². The molecule has 216 valence electrons. The Labute approximate surface area is 234 Å². The van der Waals surface area contributed by atoms with Gasteiger partial charge in [-0.3, -0.25) is 14.3 Å². The second kappa shape index (κ2) is 14.6. The Morgan fingerprint density at radius 2 is 1.43 bits per heavy atom. The number of para-hydroxylation sites is 1. The third kappa shape index (κ3) is 7.28. The van der Waals surface area contributed by atoms with Gasteiger partial charge in [-0.2, -0.15) is 4.98 Å². The summed E-state index contributed by atoms with van der Waals surface area (Å²) in [5, 5.41) is 19.7. The normalized spacial score (nSPS) is 11.9. The molecular formula is C30H43N7O3. The Morgan fingerprint density at radius 3 is 2.08 bits per heavy atom. The first kappa shape index (κ1) is 29.3. The summed E-state index contributed by atoms with van der Waals surface area (Å²) in [6.07, 6.45) is 17.7. The second-order valence-corrected chi connectivity index (χ2v) is 10.7. The number of aryl methyl sites for hydroxylation is 2. The first-order chi connectivity index (χ1) is 19.5. The van der Waals surface area contributed by atoms with E-state index >= 15 is 0 Å². The molecule has 0 fully saturated rings. The van der Waals surface area contributed by atoms with Crippen molar-refractivity contribution in [2.75, 3.05) is 0 Å². The van der Waals surface area contributed by atoms with Crippen LogP contribution in [-0.4, -0.2) is 29.2 Å². The minimum absolute atomic E-state index is 0.0927. The van der Waals surface area contributed by atoms with Gasteiger partial charge in [-0.1, -0.05) is 109 Å². The summed E-state index contributed by atoms with van der Waals surface area (Å²) in [6.45, 7) is 2.79. The number of nitrogens with zero attached hydrogens (tertiary/aromatic N) is 5. The molecule has 3 N–H and O–H groups in total. The third-order valence-electron chi connectivity index (χ3n) is 7.62. The molecule has 0 aliphatic heterocycles. The lowest BCUT2D eigenvalue weighted by molar-refractivity contribution is 0.459. The van der Waals surface area contributed by atoms with E-state index in [0.29, 0.717) is 17.7 Å². The molecule has 10 nitrogen and oxygen atoms in total. The Morgan fingerprint density at radius 1 is 0.825 bits per heavy atom. The molecule has 4 rings (SSSR count). The molecule has 0 aliphatic rings. The lowest BCUT2D eigenvalue weighted by Gasteiger charge is -2.06. The number of fused-ring (bicyclic) bond motifs is 2. The van der Waals surface area contributed by atoms with E-state index in [4.69, 9.17) is 0 Å². The Bertz CT molecular complexity index is 1530. The lowest BCUT2D eigenvalue weighted by atomic mass is 10.0. The SMILES string of the molecule is CCCCCCCCCCCCCCCCn1c(N=Nc2c(O)[nH]c3ccccc23)nc2c1c(=O)[nH]c(=O)n2C. The van der Waals surface area contributed by atoms with Crippen LogP contribution in [0, 0.1) is 0 Å². The van der Waals surface area contributed by atoms with Gasteiger partial charge in [0.2, 0.25) is 5.88 Å². The summed E-state index contributed by atoms with van der Waals surface area (Å²) in [5.41, 5.74) is 0.575. The highest BCUT2D eigenvalue weighted by molar-refractivity contribution is 5.94. The fourth-order valence-electron chi connectivity index (χ4n) is 5.28. The second-order valence-electron chi connectivity index (χ2n) is 10.7. The zero-order valence-electron chi connectivity index (χ0n) is 23.9. The van der Waals surface area contributed by atoms with Gasteiger partial charge >= 0.3 is 5.69 Å². The fraction of sp³-hybridized carbons (Fsp3) is 0.567. The maximum atomic E-state index is 12.7. The van der Waals surface area contributed by atoms with Crippen LogP contribution in [-0.2, 0) is 13.6 Å². The van der Waals surface area contributed by atoms with Crippen LogP contribution in [0.4, 0.5) is 11.6 Å². The van der Waals surface area contributed by atoms with Crippen LogP contribution >= 0.6 is 0 Å². The van der Waals surface area contributed by atoms with Crippen LogP contribution in [0.5, 0.6) is 5.88 Å². The van der Waals surface area contributed by atoms with Gasteiger partial charge < -0.3 is 14.7 Å². The van der Waals surface area contributed by atoms with E-state index in [2.05, 4.69) is 32.1 Å². The van der Waals surface area contributed by atoms with E-state index in [0.717, 1.165) is 30.2 Å². The van der Waals surface area contributed by atoms with Gasteiger partial charge in [0.05, 0.1) is 5.52 Å². The highest BCUT2D eigenvalue weighted by Crippen LogP contribution is 2.36. The van der Waals surface area contributed by atoms with Crippen LogP contribution in [0.15, 0.2) is 44.1 Å². The standard InChI is InChI=1S/C30H43N7O3/c1-3-4-5-6-7-8-9-10-11-12-13-14-15-18-21-37-25-26(36(2)30(40)33-28(25)39)32-29(37)35-34-24-22-19-16-17-20-23(22)31-27(24)38/h16-17,19-20,31,38H,3-15,18,21H2,1-2H3,(H,33,39,40). The predicted molar refractivity (Wildman–Crippen MR) is 160 cm³/mol. The molecule has 10 heteroatoms. The topological polar surface area (TPSA) is 133 Å². The molecule has 0 saturated heterocycles. The van der Waals surface area contributed by atoms with E-state index in [1.807, 2.05) is 24.3 Å². The average Bonchev–Trinajstić information content (AvgIpc) is 3.47. The van der Waals surface area contributed by atoms with Crippen LogP contribution in [0.2, 0.25) is 0 Å². The molecule has 4 aromatic rings. The van der Waals surface area contributed by atoms with Gasteiger partial charge in [-0.05, 0) is 12.5 Å². The number of azo groups is 1. The third-order valence-corrected chi connectivity index (χ3v) is 7.62. The minimum atomic E-state index is -0.531. The Balaban J connectivity index is 1.34. The summed E-state index contributed by atoms with van der Waals surface area (Å²) in [5.74, 6) is 0.130. The highest BCUT2D eigenvalue weighted by atomic mass is 16.3. The first-order valence-electron chi connectivity index (χ1n) is 14.9. The van der Waals surface area contributed by atoms with Gasteiger partial charge in [0.1, 0.15) is 0 Å². The van der Waals surface area contributed by atoms with Gasteiger partial charge in [0.25, 0.3) is 11.5 Å². The van der Waals surface area contributed by atoms with Crippen molar-refractivity contribution >= 4 is 33.7 Å².